The quantitative estimate of drug-likeness (QED) is 0.479. The second kappa shape index (κ2) is 6.80. The molecule has 0 atom stereocenters. The smallest absolute Gasteiger partial charge is 0.862 e. The molecule has 0 amide bonds. The molecule has 0 aromatic heterocycles. The third-order valence-corrected chi connectivity index (χ3v) is 2.32. The Hall–Kier alpha value is 2.40. The number of rotatable bonds is 2. The van der Waals surface area contributed by atoms with E-state index in [1.165, 1.54) is 0 Å². The van der Waals surface area contributed by atoms with E-state index in [1.807, 2.05) is 0 Å². The Balaban J connectivity index is -0.000000320. The van der Waals surface area contributed by atoms with Crippen molar-refractivity contribution < 1.29 is 32.9 Å². The van der Waals surface area contributed by atoms with Crippen LogP contribution in [0.4, 0.5) is 0 Å². The van der Waals surface area contributed by atoms with E-state index >= 15 is 0 Å². The van der Waals surface area contributed by atoms with Gasteiger partial charge in [-0.15, -0.1) is 9.05 Å². The van der Waals surface area contributed by atoms with Crippen molar-refractivity contribution in [1.29, 1.82) is 0 Å². The maximum atomic E-state index is 9.58. The summed E-state index contributed by atoms with van der Waals surface area (Å²) in [6, 6.07) is 0. The number of hydrogen-bond donors (Lipinski definition) is 2. The van der Waals surface area contributed by atoms with Crippen molar-refractivity contribution in [2.24, 2.45) is 0 Å². The van der Waals surface area contributed by atoms with Crippen LogP contribution < -0.4 is 19.2 Å². The van der Waals surface area contributed by atoms with E-state index in [0.29, 0.717) is 0 Å². The summed E-state index contributed by atoms with van der Waals surface area (Å²) in [7, 11) is -11.2. The van der Waals surface area contributed by atoms with Gasteiger partial charge in [0.25, 0.3) is 0 Å². The van der Waals surface area contributed by atoms with Crippen LogP contribution in [-0.4, -0.2) is 96.2 Å². The molecule has 2 N–H and O–H groups in total. The summed E-state index contributed by atoms with van der Waals surface area (Å²) in [4.78, 5) is 53.3. The first-order valence-electron chi connectivity index (χ1n) is 1.67. The summed E-state index contributed by atoms with van der Waals surface area (Å²) >= 11 is 0. The van der Waals surface area contributed by atoms with Gasteiger partial charge >= 0.3 is 77.6 Å². The molecule has 0 rings (SSSR count). The molecule has 11 heteroatoms. The maximum Gasteiger partial charge on any atom is 2.00 e. The molecule has 0 aliphatic rings. The van der Waals surface area contributed by atoms with Crippen molar-refractivity contribution in [2.75, 3.05) is 0 Å². The fraction of sp³-hybridized carbons (Fsp3) is 0. The van der Waals surface area contributed by atoms with Crippen LogP contribution in [0.2, 0.25) is 0 Å². The zero-order valence-electron chi connectivity index (χ0n) is 5.35. The normalized spacial score (nSPS) is 11.5. The average molecular weight is 282 g/mol. The van der Waals surface area contributed by atoms with Gasteiger partial charge in [-0.1, -0.05) is 0 Å². The average Bonchev–Trinajstić information content (AvgIpc) is 1.14. The van der Waals surface area contributed by atoms with E-state index in [-0.39, 0.29) is 68.5 Å². The van der Waals surface area contributed by atoms with Gasteiger partial charge in [0.05, 0.1) is 0 Å². The molecule has 0 aliphatic carbocycles. The standard InChI is InChI=1S/Mg.H2O7Si2.Sr/c;1-8(2,3)7-9(4,5)6;/h;1-2H;/q+2;-4;+2. The third kappa shape index (κ3) is 19.0. The van der Waals surface area contributed by atoms with Crippen LogP contribution in [0.25, 0.3) is 0 Å². The summed E-state index contributed by atoms with van der Waals surface area (Å²) in [6.45, 7) is 0. The SMILES string of the molecule is [Mg+2].[O-][Si]([O-])([O-])O[Si]([O-])(O)O.[Sr+2]. The van der Waals surface area contributed by atoms with Gasteiger partial charge in [0, 0.05) is 0 Å². The minimum absolute atomic E-state index is 0. The Labute approximate surface area is 118 Å². The van der Waals surface area contributed by atoms with Gasteiger partial charge in [-0.25, -0.2) is 0 Å². The van der Waals surface area contributed by atoms with Crippen molar-refractivity contribution >= 4 is 86.6 Å². The molecule has 0 bridgehead atoms. The van der Waals surface area contributed by atoms with Crippen molar-refractivity contribution in [3.05, 3.63) is 0 Å². The molecule has 0 saturated heterocycles. The first-order valence-corrected chi connectivity index (χ1v) is 5.02. The Kier molecular flexibility index (Phi) is 11.8. The first-order chi connectivity index (χ1) is 3.71. The predicted molar refractivity (Wildman–Crippen MR) is 28.5 cm³/mol. The summed E-state index contributed by atoms with van der Waals surface area (Å²) in [6.07, 6.45) is 0. The van der Waals surface area contributed by atoms with Crippen molar-refractivity contribution in [3.63, 3.8) is 0 Å². The zero-order chi connectivity index (χ0) is 7.71. The van der Waals surface area contributed by atoms with Crippen molar-refractivity contribution in [3.8, 4) is 0 Å². The van der Waals surface area contributed by atoms with E-state index in [1.54, 1.807) is 0 Å². The molecule has 0 saturated carbocycles. The number of hydrogen-bond acceptors (Lipinski definition) is 7. The van der Waals surface area contributed by atoms with Gasteiger partial charge in [0.1, 0.15) is 0 Å². The van der Waals surface area contributed by atoms with Crippen molar-refractivity contribution in [2.45, 2.75) is 0 Å². The van der Waals surface area contributed by atoms with Crippen LogP contribution in [0.15, 0.2) is 0 Å². The summed E-state index contributed by atoms with van der Waals surface area (Å²) < 4.78 is 2.79. The largest absolute Gasteiger partial charge is 2.00 e. The fourth-order valence-corrected chi connectivity index (χ4v) is 1.47. The first kappa shape index (κ1) is 19.0. The molecule has 11 heavy (non-hydrogen) atoms. The third-order valence-electron chi connectivity index (χ3n) is 0.258. The van der Waals surface area contributed by atoms with Gasteiger partial charge in [-0.3, -0.25) is 0 Å². The van der Waals surface area contributed by atoms with E-state index in [9.17, 15) is 19.2 Å². The van der Waals surface area contributed by atoms with Crippen molar-refractivity contribution in [1.82, 2.24) is 0 Å². The topological polar surface area (TPSA) is 142 Å². The van der Waals surface area contributed by atoms with Gasteiger partial charge < -0.3 is 32.9 Å². The van der Waals surface area contributed by atoms with Gasteiger partial charge in [0.2, 0.25) is 0 Å². The van der Waals surface area contributed by atoms with Crippen LogP contribution in [-0.2, 0) is 4.12 Å². The molecule has 0 heterocycles. The Morgan fingerprint density at radius 1 is 1.00 bits per heavy atom. The van der Waals surface area contributed by atoms with Crippen LogP contribution in [0.5, 0.6) is 0 Å². The minimum Gasteiger partial charge on any atom is -0.862 e. The molecule has 0 aliphatic heterocycles. The minimum atomic E-state index is -5.79. The second-order valence-electron chi connectivity index (χ2n) is 1.15. The molecular weight excluding hydrogens is 280 g/mol. The fourth-order valence-electron chi connectivity index (χ4n) is 0.163. The molecular formula is H2MgO7Si2Sr. The molecule has 7 nitrogen and oxygen atoms in total. The van der Waals surface area contributed by atoms with E-state index in [4.69, 9.17) is 9.59 Å². The molecule has 0 aromatic rings. The van der Waals surface area contributed by atoms with Crippen LogP contribution in [0.1, 0.15) is 0 Å². The maximum absolute atomic E-state index is 9.58. The molecule has 0 aromatic carbocycles. The summed E-state index contributed by atoms with van der Waals surface area (Å²) in [5.41, 5.74) is 0. The van der Waals surface area contributed by atoms with E-state index in [2.05, 4.69) is 4.12 Å². The van der Waals surface area contributed by atoms with E-state index < -0.39 is 18.1 Å². The molecule has 0 spiro atoms. The second-order valence-corrected chi connectivity index (χ2v) is 4.06. The Bertz CT molecular complexity index is 81.6. The van der Waals surface area contributed by atoms with Crippen LogP contribution in [0, 0.1) is 0 Å². The van der Waals surface area contributed by atoms with Gasteiger partial charge in [-0.05, 0) is 0 Å². The molecule has 0 fully saturated rings. The zero-order valence-corrected chi connectivity index (χ0v) is 12.2. The summed E-state index contributed by atoms with van der Waals surface area (Å²) in [5, 5.41) is 0. The molecule has 56 valence electrons. The van der Waals surface area contributed by atoms with Gasteiger partial charge in [-0.2, -0.15) is 0 Å². The van der Waals surface area contributed by atoms with E-state index in [0.717, 1.165) is 0 Å². The van der Waals surface area contributed by atoms with Crippen LogP contribution in [0.3, 0.4) is 0 Å². The molecule has 0 unspecified atom stereocenters. The predicted octanol–water partition coefficient (Wildman–Crippen LogP) is -7.46. The van der Waals surface area contributed by atoms with Crippen LogP contribution >= 0.6 is 0 Å². The molecule has 0 radical (unpaired) electrons. The Morgan fingerprint density at radius 3 is 1.27 bits per heavy atom. The monoisotopic (exact) mass is 282 g/mol. The Morgan fingerprint density at radius 2 is 1.27 bits per heavy atom. The summed E-state index contributed by atoms with van der Waals surface area (Å²) in [5.74, 6) is 0. The van der Waals surface area contributed by atoms with Gasteiger partial charge in [0.15, 0.2) is 0 Å².